The minimum Gasteiger partial charge on any atom is -0.395 e. The average molecular weight is 302 g/mol. The number of likely N-dealkylation sites (tertiary alicyclic amines) is 1. The molecule has 1 fully saturated rings. The van der Waals surface area contributed by atoms with Gasteiger partial charge >= 0.3 is 6.18 Å². The summed E-state index contributed by atoms with van der Waals surface area (Å²) in [5.74, 6) is -0.507. The monoisotopic (exact) mass is 302 g/mol. The molecule has 1 aliphatic heterocycles. The molecule has 0 radical (unpaired) electrons. The molecule has 0 saturated carbocycles. The van der Waals surface area contributed by atoms with E-state index in [-0.39, 0.29) is 24.9 Å². The van der Waals surface area contributed by atoms with Crippen molar-refractivity contribution in [2.24, 2.45) is 0 Å². The maximum absolute atomic E-state index is 12.8. The van der Waals surface area contributed by atoms with Crippen LogP contribution in [-0.4, -0.2) is 41.7 Å². The quantitative estimate of drug-likeness (QED) is 0.895. The molecule has 7 heteroatoms. The Hall–Kier alpha value is -1.60. The number of nitrogens with zero attached hydrogens (tertiary/aromatic N) is 1. The SMILES string of the molecule is O=C(CN1CCCC1CO)Nc1ccccc1C(F)(F)F. The fraction of sp³-hybridized carbons (Fsp3) is 0.500. The smallest absolute Gasteiger partial charge is 0.395 e. The van der Waals surface area contributed by atoms with Crippen molar-refractivity contribution in [2.75, 3.05) is 25.0 Å². The van der Waals surface area contributed by atoms with Crippen LogP contribution in [0.2, 0.25) is 0 Å². The molecule has 116 valence electrons. The Morgan fingerprint density at radius 1 is 1.38 bits per heavy atom. The first-order chi connectivity index (χ1) is 9.91. The fourth-order valence-corrected chi connectivity index (χ4v) is 2.52. The van der Waals surface area contributed by atoms with Gasteiger partial charge in [-0.05, 0) is 31.5 Å². The minimum atomic E-state index is -4.51. The van der Waals surface area contributed by atoms with Gasteiger partial charge in [-0.1, -0.05) is 12.1 Å². The predicted molar refractivity (Wildman–Crippen MR) is 71.8 cm³/mol. The Bertz CT molecular complexity index is 505. The van der Waals surface area contributed by atoms with E-state index in [1.807, 2.05) is 0 Å². The van der Waals surface area contributed by atoms with Gasteiger partial charge in [-0.15, -0.1) is 0 Å². The Balaban J connectivity index is 2.03. The summed E-state index contributed by atoms with van der Waals surface area (Å²) in [6.45, 7) is 0.601. The number of carbonyl (C=O) groups excluding carboxylic acids is 1. The summed E-state index contributed by atoms with van der Waals surface area (Å²) >= 11 is 0. The van der Waals surface area contributed by atoms with E-state index >= 15 is 0 Å². The summed E-state index contributed by atoms with van der Waals surface area (Å²) in [6, 6.07) is 4.79. The van der Waals surface area contributed by atoms with E-state index in [9.17, 15) is 18.0 Å². The number of nitrogens with one attached hydrogen (secondary N) is 1. The number of para-hydroxylation sites is 1. The van der Waals surface area contributed by atoms with Gasteiger partial charge in [0.15, 0.2) is 0 Å². The van der Waals surface area contributed by atoms with Crippen LogP contribution in [0.1, 0.15) is 18.4 Å². The van der Waals surface area contributed by atoms with E-state index in [2.05, 4.69) is 5.32 Å². The van der Waals surface area contributed by atoms with Crippen molar-refractivity contribution in [1.82, 2.24) is 4.90 Å². The van der Waals surface area contributed by atoms with Gasteiger partial charge in [0.05, 0.1) is 24.4 Å². The number of anilines is 1. The lowest BCUT2D eigenvalue weighted by Gasteiger charge is -2.22. The zero-order valence-corrected chi connectivity index (χ0v) is 11.4. The summed E-state index contributed by atoms with van der Waals surface area (Å²) < 4.78 is 38.5. The number of halogens is 3. The van der Waals surface area contributed by atoms with Crippen LogP contribution in [0, 0.1) is 0 Å². The summed E-state index contributed by atoms with van der Waals surface area (Å²) in [7, 11) is 0. The molecular formula is C14H17F3N2O2. The van der Waals surface area contributed by atoms with Gasteiger partial charge in [-0.3, -0.25) is 9.69 Å². The molecule has 21 heavy (non-hydrogen) atoms. The van der Waals surface area contributed by atoms with Crippen molar-refractivity contribution >= 4 is 11.6 Å². The molecule has 0 aromatic heterocycles. The molecule has 1 saturated heterocycles. The van der Waals surface area contributed by atoms with Crippen LogP contribution in [0.4, 0.5) is 18.9 Å². The lowest BCUT2D eigenvalue weighted by atomic mass is 10.1. The van der Waals surface area contributed by atoms with E-state index in [4.69, 9.17) is 5.11 Å². The fourth-order valence-electron chi connectivity index (χ4n) is 2.52. The lowest BCUT2D eigenvalue weighted by Crippen LogP contribution is -2.38. The largest absolute Gasteiger partial charge is 0.418 e. The highest BCUT2D eigenvalue weighted by atomic mass is 19.4. The molecule has 0 bridgehead atoms. The summed E-state index contributed by atoms with van der Waals surface area (Å²) in [6.07, 6.45) is -2.84. The number of aliphatic hydroxyl groups is 1. The van der Waals surface area contributed by atoms with Gasteiger partial charge in [0.1, 0.15) is 0 Å². The van der Waals surface area contributed by atoms with E-state index < -0.39 is 17.6 Å². The van der Waals surface area contributed by atoms with E-state index in [0.29, 0.717) is 6.54 Å². The second kappa shape index (κ2) is 6.44. The zero-order chi connectivity index (χ0) is 15.5. The van der Waals surface area contributed by atoms with Crippen molar-refractivity contribution < 1.29 is 23.1 Å². The van der Waals surface area contributed by atoms with E-state index in [1.54, 1.807) is 4.90 Å². The molecular weight excluding hydrogens is 285 g/mol. The number of hydrogen-bond donors (Lipinski definition) is 2. The Kier molecular flexibility index (Phi) is 4.84. The minimum absolute atomic E-state index is 0.0165. The maximum atomic E-state index is 12.8. The molecule has 1 aromatic rings. The van der Waals surface area contributed by atoms with Crippen molar-refractivity contribution in [3.05, 3.63) is 29.8 Å². The molecule has 2 rings (SSSR count). The molecule has 1 aliphatic rings. The van der Waals surface area contributed by atoms with Crippen molar-refractivity contribution in [1.29, 1.82) is 0 Å². The summed E-state index contributed by atoms with van der Waals surface area (Å²) in [4.78, 5) is 13.7. The Morgan fingerprint density at radius 2 is 2.10 bits per heavy atom. The molecule has 0 aliphatic carbocycles. The number of benzene rings is 1. The third kappa shape index (κ3) is 3.95. The van der Waals surface area contributed by atoms with E-state index in [0.717, 1.165) is 18.9 Å². The average Bonchev–Trinajstić information content (AvgIpc) is 2.85. The van der Waals surface area contributed by atoms with Crippen LogP contribution >= 0.6 is 0 Å². The van der Waals surface area contributed by atoms with Gasteiger partial charge in [0.2, 0.25) is 5.91 Å². The van der Waals surface area contributed by atoms with Crippen LogP contribution in [0.3, 0.4) is 0 Å². The Labute approximate surface area is 120 Å². The normalized spacial score (nSPS) is 19.7. The zero-order valence-electron chi connectivity index (χ0n) is 11.4. The van der Waals surface area contributed by atoms with Gasteiger partial charge in [-0.2, -0.15) is 13.2 Å². The van der Waals surface area contributed by atoms with Gasteiger partial charge in [-0.25, -0.2) is 0 Å². The van der Waals surface area contributed by atoms with Crippen molar-refractivity contribution in [2.45, 2.75) is 25.1 Å². The number of alkyl halides is 3. The highest BCUT2D eigenvalue weighted by Crippen LogP contribution is 2.34. The van der Waals surface area contributed by atoms with Gasteiger partial charge in [0, 0.05) is 6.04 Å². The third-order valence-corrected chi connectivity index (χ3v) is 3.56. The van der Waals surface area contributed by atoms with Crippen LogP contribution in [-0.2, 0) is 11.0 Å². The maximum Gasteiger partial charge on any atom is 0.418 e. The summed E-state index contributed by atoms with van der Waals surface area (Å²) in [5, 5.41) is 11.5. The first-order valence-corrected chi connectivity index (χ1v) is 6.73. The second-order valence-electron chi connectivity index (χ2n) is 5.04. The first-order valence-electron chi connectivity index (χ1n) is 6.73. The highest BCUT2D eigenvalue weighted by Gasteiger charge is 2.34. The molecule has 4 nitrogen and oxygen atoms in total. The molecule has 2 N–H and O–H groups in total. The molecule has 1 unspecified atom stereocenters. The van der Waals surface area contributed by atoms with Gasteiger partial charge in [0.25, 0.3) is 0 Å². The van der Waals surface area contributed by atoms with E-state index in [1.165, 1.54) is 18.2 Å². The van der Waals surface area contributed by atoms with Crippen LogP contribution < -0.4 is 5.32 Å². The van der Waals surface area contributed by atoms with Crippen molar-refractivity contribution in [3.8, 4) is 0 Å². The van der Waals surface area contributed by atoms with Crippen LogP contribution in [0.15, 0.2) is 24.3 Å². The molecule has 0 spiro atoms. The number of rotatable bonds is 4. The second-order valence-corrected chi connectivity index (χ2v) is 5.04. The predicted octanol–water partition coefficient (Wildman–Crippen LogP) is 2.10. The van der Waals surface area contributed by atoms with Crippen LogP contribution in [0.5, 0.6) is 0 Å². The molecule has 1 aromatic carbocycles. The number of hydrogen-bond acceptors (Lipinski definition) is 3. The molecule has 1 atom stereocenters. The first kappa shape index (κ1) is 15.8. The highest BCUT2D eigenvalue weighted by molar-refractivity contribution is 5.93. The summed E-state index contributed by atoms with van der Waals surface area (Å²) in [5.41, 5.74) is -1.10. The molecule has 1 amide bonds. The van der Waals surface area contributed by atoms with Crippen LogP contribution in [0.25, 0.3) is 0 Å². The standard InChI is InChI=1S/C14H17F3N2O2/c15-14(16,17)11-5-1-2-6-12(11)18-13(21)8-19-7-3-4-10(19)9-20/h1-2,5-6,10,20H,3-4,7-9H2,(H,18,21). The Morgan fingerprint density at radius 3 is 2.76 bits per heavy atom. The number of amides is 1. The lowest BCUT2D eigenvalue weighted by molar-refractivity contribution is -0.137. The topological polar surface area (TPSA) is 52.6 Å². The number of aliphatic hydroxyl groups excluding tert-OH is 1. The molecule has 1 heterocycles. The number of carbonyl (C=O) groups is 1. The van der Waals surface area contributed by atoms with Gasteiger partial charge < -0.3 is 10.4 Å². The third-order valence-electron chi connectivity index (χ3n) is 3.56. The van der Waals surface area contributed by atoms with Crippen molar-refractivity contribution in [3.63, 3.8) is 0 Å².